The Kier molecular flexibility index (Phi) is 5.24. The first-order valence-electron chi connectivity index (χ1n) is 4.98. The Labute approximate surface area is 107 Å². The molecular formula is C10H13BrN4O2. The number of nitrogen functional groups attached to an aromatic ring is 1. The van der Waals surface area contributed by atoms with Crippen molar-refractivity contribution < 1.29 is 10.2 Å². The van der Waals surface area contributed by atoms with Crippen LogP contribution in [-0.4, -0.2) is 22.9 Å². The average Bonchev–Trinajstić information content (AvgIpc) is 2.31. The number of hydrogen-bond donors (Lipinski definition) is 3. The van der Waals surface area contributed by atoms with Crippen molar-refractivity contribution in [3.63, 3.8) is 0 Å². The maximum Gasteiger partial charge on any atom is 0.107 e. The summed E-state index contributed by atoms with van der Waals surface area (Å²) in [7, 11) is 0. The summed E-state index contributed by atoms with van der Waals surface area (Å²) in [4.78, 5) is 2.57. The van der Waals surface area contributed by atoms with E-state index in [-0.39, 0.29) is 13.0 Å². The lowest BCUT2D eigenvalue weighted by molar-refractivity contribution is 0.0154. The van der Waals surface area contributed by atoms with Crippen LogP contribution in [0.5, 0.6) is 0 Å². The fraction of sp³-hybridized carbons (Fsp3) is 0.400. The quantitative estimate of drug-likeness (QED) is 0.335. The number of aliphatic hydroxyl groups is 2. The van der Waals surface area contributed by atoms with Gasteiger partial charge < -0.3 is 15.9 Å². The van der Waals surface area contributed by atoms with Gasteiger partial charge in [-0.1, -0.05) is 21.0 Å². The molecular weight excluding hydrogens is 288 g/mol. The molecule has 0 aliphatic heterocycles. The lowest BCUT2D eigenvalue weighted by atomic mass is 10.0. The van der Waals surface area contributed by atoms with Crippen LogP contribution >= 0.6 is 15.9 Å². The van der Waals surface area contributed by atoms with Crippen LogP contribution in [0.2, 0.25) is 0 Å². The van der Waals surface area contributed by atoms with Gasteiger partial charge in [-0.2, -0.15) is 0 Å². The molecule has 2 unspecified atom stereocenters. The van der Waals surface area contributed by atoms with E-state index in [2.05, 4.69) is 26.0 Å². The molecule has 0 aliphatic rings. The normalized spacial score (nSPS) is 13.8. The van der Waals surface area contributed by atoms with Crippen LogP contribution in [0.15, 0.2) is 27.8 Å². The number of nitrogens with zero attached hydrogens (tertiary/aromatic N) is 3. The highest BCUT2D eigenvalue weighted by atomic mass is 79.9. The number of benzene rings is 1. The zero-order valence-electron chi connectivity index (χ0n) is 8.99. The van der Waals surface area contributed by atoms with Crippen LogP contribution in [0.3, 0.4) is 0 Å². The summed E-state index contributed by atoms with van der Waals surface area (Å²) >= 11 is 3.26. The van der Waals surface area contributed by atoms with Crippen LogP contribution in [-0.2, 0) is 0 Å². The van der Waals surface area contributed by atoms with Gasteiger partial charge in [-0.15, -0.1) is 0 Å². The molecule has 0 saturated heterocycles. The van der Waals surface area contributed by atoms with Crippen molar-refractivity contribution >= 4 is 21.6 Å². The molecule has 0 bridgehead atoms. The van der Waals surface area contributed by atoms with Crippen molar-refractivity contribution in [2.45, 2.75) is 18.6 Å². The van der Waals surface area contributed by atoms with Gasteiger partial charge in [0.15, 0.2) is 0 Å². The van der Waals surface area contributed by atoms with E-state index in [9.17, 15) is 10.2 Å². The highest BCUT2D eigenvalue weighted by Gasteiger charge is 2.20. The van der Waals surface area contributed by atoms with E-state index in [4.69, 9.17) is 11.3 Å². The second-order valence-electron chi connectivity index (χ2n) is 3.53. The van der Waals surface area contributed by atoms with Crippen molar-refractivity contribution in [1.82, 2.24) is 0 Å². The summed E-state index contributed by atoms with van der Waals surface area (Å²) < 4.78 is 0.767. The summed E-state index contributed by atoms with van der Waals surface area (Å²) in [5, 5.41) is 22.9. The Morgan fingerprint density at radius 2 is 2.18 bits per heavy atom. The molecule has 0 aliphatic carbocycles. The number of halogens is 1. The van der Waals surface area contributed by atoms with Gasteiger partial charge in [0.25, 0.3) is 0 Å². The van der Waals surface area contributed by atoms with Crippen molar-refractivity contribution in [3.05, 3.63) is 38.7 Å². The summed E-state index contributed by atoms with van der Waals surface area (Å²) in [6.45, 7) is 0.128. The molecule has 92 valence electrons. The fourth-order valence-corrected chi connectivity index (χ4v) is 1.78. The monoisotopic (exact) mass is 300 g/mol. The second kappa shape index (κ2) is 6.46. The third-order valence-corrected chi connectivity index (χ3v) is 2.81. The van der Waals surface area contributed by atoms with Gasteiger partial charge in [0.05, 0.1) is 6.10 Å². The first-order chi connectivity index (χ1) is 8.06. The van der Waals surface area contributed by atoms with Crippen LogP contribution < -0.4 is 5.73 Å². The van der Waals surface area contributed by atoms with Gasteiger partial charge in [0.2, 0.25) is 0 Å². The van der Waals surface area contributed by atoms with E-state index >= 15 is 0 Å². The summed E-state index contributed by atoms with van der Waals surface area (Å²) in [6, 6.07) is 5.04. The predicted molar refractivity (Wildman–Crippen MR) is 68.2 cm³/mol. The summed E-state index contributed by atoms with van der Waals surface area (Å²) in [5.41, 5.74) is 14.7. The van der Waals surface area contributed by atoms with E-state index in [0.29, 0.717) is 11.3 Å². The lowest BCUT2D eigenvalue weighted by Crippen LogP contribution is -2.20. The molecule has 2 atom stereocenters. The maximum absolute atomic E-state index is 9.91. The molecule has 0 radical (unpaired) electrons. The third-order valence-electron chi connectivity index (χ3n) is 2.32. The zero-order valence-corrected chi connectivity index (χ0v) is 10.6. The van der Waals surface area contributed by atoms with Crippen LogP contribution in [0, 0.1) is 0 Å². The van der Waals surface area contributed by atoms with Gasteiger partial charge >= 0.3 is 0 Å². The van der Waals surface area contributed by atoms with Gasteiger partial charge in [-0.25, -0.2) is 0 Å². The smallest absolute Gasteiger partial charge is 0.107 e. The SMILES string of the molecule is [N-]=[N+]=NCCC(O)C(O)c1cc(Br)ccc1N. The number of hydrogen-bond acceptors (Lipinski definition) is 4. The zero-order chi connectivity index (χ0) is 12.8. The molecule has 1 aromatic rings. The minimum atomic E-state index is -1.10. The molecule has 17 heavy (non-hydrogen) atoms. The molecule has 0 fully saturated rings. The van der Waals surface area contributed by atoms with E-state index < -0.39 is 12.2 Å². The van der Waals surface area contributed by atoms with Crippen molar-refractivity contribution in [2.75, 3.05) is 12.3 Å². The Morgan fingerprint density at radius 3 is 2.82 bits per heavy atom. The van der Waals surface area contributed by atoms with Crippen LogP contribution in [0.4, 0.5) is 5.69 Å². The highest BCUT2D eigenvalue weighted by Crippen LogP contribution is 2.27. The Balaban J connectivity index is 2.76. The predicted octanol–water partition coefficient (Wildman–Crippen LogP) is 2.13. The minimum absolute atomic E-state index is 0.128. The lowest BCUT2D eigenvalue weighted by Gasteiger charge is -2.19. The van der Waals surface area contributed by atoms with Crippen molar-refractivity contribution in [3.8, 4) is 0 Å². The van der Waals surface area contributed by atoms with Crippen LogP contribution in [0.25, 0.3) is 10.4 Å². The highest BCUT2D eigenvalue weighted by molar-refractivity contribution is 9.10. The number of aliphatic hydroxyl groups excluding tert-OH is 2. The van der Waals surface area contributed by atoms with Gasteiger partial charge in [0.1, 0.15) is 6.10 Å². The molecule has 1 rings (SSSR count). The number of azide groups is 1. The molecule has 0 amide bonds. The molecule has 1 aromatic carbocycles. The maximum atomic E-state index is 9.91. The summed E-state index contributed by atoms with van der Waals surface area (Å²) in [5.74, 6) is 0. The molecule has 0 spiro atoms. The van der Waals surface area contributed by atoms with Gasteiger partial charge in [0, 0.05) is 27.2 Å². The van der Waals surface area contributed by atoms with E-state index in [1.807, 2.05) is 0 Å². The van der Waals surface area contributed by atoms with Gasteiger partial charge in [-0.05, 0) is 30.2 Å². The van der Waals surface area contributed by atoms with E-state index in [1.165, 1.54) is 0 Å². The third kappa shape index (κ3) is 3.90. The molecule has 4 N–H and O–H groups in total. The summed E-state index contributed by atoms with van der Waals surface area (Å²) in [6.07, 6.45) is -1.93. The van der Waals surface area contributed by atoms with E-state index in [0.717, 1.165) is 4.47 Å². The first kappa shape index (κ1) is 13.8. The Bertz CT molecular complexity index is 434. The largest absolute Gasteiger partial charge is 0.398 e. The number of rotatable bonds is 5. The molecule has 0 aromatic heterocycles. The Morgan fingerprint density at radius 1 is 1.47 bits per heavy atom. The molecule has 0 heterocycles. The molecule has 0 saturated carbocycles. The first-order valence-corrected chi connectivity index (χ1v) is 5.77. The van der Waals surface area contributed by atoms with Crippen LogP contribution in [0.1, 0.15) is 18.1 Å². The van der Waals surface area contributed by atoms with Crippen molar-refractivity contribution in [2.24, 2.45) is 5.11 Å². The van der Waals surface area contributed by atoms with Gasteiger partial charge in [-0.3, -0.25) is 0 Å². The minimum Gasteiger partial charge on any atom is -0.398 e. The number of nitrogens with two attached hydrogens (primary N) is 1. The standard InChI is InChI=1S/C10H13BrN4O2/c11-6-1-2-8(12)7(5-6)10(17)9(16)3-4-14-15-13/h1-2,5,9-10,16-17H,3-4,12H2. The molecule has 6 nitrogen and oxygen atoms in total. The Hall–Kier alpha value is -1.27. The van der Waals surface area contributed by atoms with E-state index in [1.54, 1.807) is 18.2 Å². The fourth-order valence-electron chi connectivity index (χ4n) is 1.40. The second-order valence-corrected chi connectivity index (χ2v) is 4.44. The van der Waals surface area contributed by atoms with Crippen molar-refractivity contribution in [1.29, 1.82) is 0 Å². The topological polar surface area (TPSA) is 115 Å². The molecule has 7 heteroatoms. The number of anilines is 1. The average molecular weight is 301 g/mol.